The second kappa shape index (κ2) is 8.68. The fraction of sp³-hybridized carbons (Fsp3) is 0.231. The van der Waals surface area contributed by atoms with E-state index in [-0.39, 0.29) is 12.5 Å². The number of methoxy groups -OCH3 is 1. The number of rotatable bonds is 6. The molecule has 0 radical (unpaired) electrons. The SMILES string of the molecule is COc1cc(-c2nccc(Nc3ccc4c(c3)C(F)(P)CNC4=O)n2)ccc1-n1cnc(C2CC2)c1. The van der Waals surface area contributed by atoms with Crippen LogP contribution in [0, 0.1) is 0 Å². The van der Waals surface area contributed by atoms with Gasteiger partial charge in [0.05, 0.1) is 31.4 Å². The van der Waals surface area contributed by atoms with Gasteiger partial charge in [0.15, 0.2) is 11.2 Å². The van der Waals surface area contributed by atoms with Crippen molar-refractivity contribution in [2.24, 2.45) is 0 Å². The summed E-state index contributed by atoms with van der Waals surface area (Å²) in [6, 6.07) is 12.5. The number of amides is 1. The van der Waals surface area contributed by atoms with E-state index >= 15 is 0 Å². The van der Waals surface area contributed by atoms with Crippen LogP contribution >= 0.6 is 9.24 Å². The monoisotopic (exact) mass is 502 g/mol. The van der Waals surface area contributed by atoms with E-state index in [0.717, 1.165) is 16.9 Å². The zero-order chi connectivity index (χ0) is 24.9. The molecule has 1 aliphatic carbocycles. The Morgan fingerprint density at radius 3 is 2.86 bits per heavy atom. The molecule has 2 N–H and O–H groups in total. The van der Waals surface area contributed by atoms with E-state index in [9.17, 15) is 9.18 Å². The lowest BCUT2D eigenvalue weighted by Gasteiger charge is -2.29. The molecule has 3 heterocycles. The average Bonchev–Trinajstić information content (AvgIpc) is 3.63. The number of carbonyl (C=O) groups is 1. The number of ether oxygens (including phenoxy) is 1. The van der Waals surface area contributed by atoms with Crippen LogP contribution < -0.4 is 15.4 Å². The van der Waals surface area contributed by atoms with E-state index in [0.29, 0.717) is 40.1 Å². The number of nitrogens with zero attached hydrogens (tertiary/aromatic N) is 4. The van der Waals surface area contributed by atoms with Crippen molar-refractivity contribution in [1.82, 2.24) is 24.8 Å². The van der Waals surface area contributed by atoms with Gasteiger partial charge in [-0.25, -0.2) is 19.3 Å². The van der Waals surface area contributed by atoms with Gasteiger partial charge >= 0.3 is 0 Å². The first-order valence-electron chi connectivity index (χ1n) is 11.6. The number of benzene rings is 2. The number of hydrogen-bond acceptors (Lipinski definition) is 6. The lowest BCUT2D eigenvalue weighted by atomic mass is 9.97. The third-order valence-electron chi connectivity index (χ3n) is 6.46. The molecule has 0 saturated heterocycles. The molecule has 6 rings (SSSR count). The molecular formula is C26H24FN6O2P. The Hall–Kier alpha value is -3.84. The molecule has 0 bridgehead atoms. The number of halogens is 1. The minimum atomic E-state index is -1.73. The summed E-state index contributed by atoms with van der Waals surface area (Å²) in [7, 11) is 3.81. The summed E-state index contributed by atoms with van der Waals surface area (Å²) in [5, 5.41) is 4.03. The predicted octanol–water partition coefficient (Wildman–Crippen LogP) is 4.70. The number of alkyl halides is 1. The van der Waals surface area contributed by atoms with Crippen molar-refractivity contribution in [3.8, 4) is 22.8 Å². The summed E-state index contributed by atoms with van der Waals surface area (Å²) in [6.45, 7) is -0.0938. The number of carbonyl (C=O) groups excluding carboxylic acids is 1. The number of fused-ring (bicyclic) bond motifs is 1. The highest BCUT2D eigenvalue weighted by atomic mass is 31.0. The van der Waals surface area contributed by atoms with Gasteiger partial charge in [0.1, 0.15) is 11.6 Å². The van der Waals surface area contributed by atoms with Crippen LogP contribution in [0.15, 0.2) is 61.2 Å². The van der Waals surface area contributed by atoms with Gasteiger partial charge in [0, 0.05) is 40.7 Å². The molecule has 2 aliphatic rings. The molecule has 2 aromatic heterocycles. The Morgan fingerprint density at radius 1 is 1.19 bits per heavy atom. The lowest BCUT2D eigenvalue weighted by molar-refractivity contribution is 0.0911. The molecule has 182 valence electrons. The van der Waals surface area contributed by atoms with Gasteiger partial charge in [0.2, 0.25) is 0 Å². The highest BCUT2D eigenvalue weighted by molar-refractivity contribution is 7.18. The number of nitrogens with one attached hydrogen (secondary N) is 2. The summed E-state index contributed by atoms with van der Waals surface area (Å²) < 4.78 is 22.6. The Kier molecular flexibility index (Phi) is 5.45. The summed E-state index contributed by atoms with van der Waals surface area (Å²) in [5.74, 6) is 2.03. The minimum absolute atomic E-state index is 0.0938. The van der Waals surface area contributed by atoms with Gasteiger partial charge in [-0.05, 0) is 55.3 Å². The highest BCUT2D eigenvalue weighted by Gasteiger charge is 2.36. The van der Waals surface area contributed by atoms with Crippen molar-refractivity contribution >= 4 is 26.7 Å². The molecule has 2 unspecified atom stereocenters. The van der Waals surface area contributed by atoms with E-state index in [1.165, 1.54) is 12.8 Å². The molecule has 36 heavy (non-hydrogen) atoms. The first-order valence-corrected chi connectivity index (χ1v) is 12.2. The van der Waals surface area contributed by atoms with Crippen molar-refractivity contribution < 1.29 is 13.9 Å². The van der Waals surface area contributed by atoms with Crippen molar-refractivity contribution in [2.45, 2.75) is 24.2 Å². The van der Waals surface area contributed by atoms with Crippen LogP contribution in [0.1, 0.15) is 40.4 Å². The van der Waals surface area contributed by atoms with E-state index < -0.39 is 5.41 Å². The molecule has 1 fully saturated rings. The van der Waals surface area contributed by atoms with Gasteiger partial charge in [0.25, 0.3) is 5.91 Å². The number of hydrogen-bond donors (Lipinski definition) is 2. The Bertz CT molecular complexity index is 1480. The van der Waals surface area contributed by atoms with Gasteiger partial charge < -0.3 is 19.9 Å². The third kappa shape index (κ3) is 4.20. The Labute approximate surface area is 209 Å². The smallest absolute Gasteiger partial charge is 0.251 e. The zero-order valence-corrected chi connectivity index (χ0v) is 20.7. The molecule has 8 nitrogen and oxygen atoms in total. The summed E-state index contributed by atoms with van der Waals surface area (Å²) in [5.41, 5.74) is 4.05. The number of imidazole rings is 1. The molecule has 4 aromatic rings. The fourth-order valence-electron chi connectivity index (χ4n) is 4.37. The average molecular weight is 502 g/mol. The molecule has 10 heteroatoms. The first kappa shape index (κ1) is 22.6. The van der Waals surface area contributed by atoms with E-state index in [1.807, 2.05) is 29.1 Å². The molecule has 1 amide bonds. The van der Waals surface area contributed by atoms with Crippen LogP contribution in [-0.4, -0.2) is 39.1 Å². The zero-order valence-electron chi connectivity index (χ0n) is 19.5. The van der Waals surface area contributed by atoms with Gasteiger partial charge in [-0.1, -0.05) is 9.24 Å². The molecule has 2 aromatic carbocycles. The molecular weight excluding hydrogens is 478 g/mol. The highest BCUT2D eigenvalue weighted by Crippen LogP contribution is 2.40. The van der Waals surface area contributed by atoms with Crippen molar-refractivity contribution in [1.29, 1.82) is 0 Å². The maximum absolute atomic E-state index is 15.0. The van der Waals surface area contributed by atoms with Crippen molar-refractivity contribution in [3.05, 3.63) is 78.0 Å². The van der Waals surface area contributed by atoms with Crippen molar-refractivity contribution in [3.63, 3.8) is 0 Å². The minimum Gasteiger partial charge on any atom is -0.495 e. The topological polar surface area (TPSA) is 94.0 Å². The Morgan fingerprint density at radius 2 is 2.06 bits per heavy atom. The second-order valence-corrected chi connectivity index (χ2v) is 9.98. The summed E-state index contributed by atoms with van der Waals surface area (Å²) >= 11 is 0. The summed E-state index contributed by atoms with van der Waals surface area (Å²) in [4.78, 5) is 25.7. The van der Waals surface area contributed by atoms with Crippen LogP contribution in [0.5, 0.6) is 5.75 Å². The maximum atomic E-state index is 15.0. The lowest BCUT2D eigenvalue weighted by Crippen LogP contribution is -2.40. The van der Waals surface area contributed by atoms with Crippen LogP contribution in [0.25, 0.3) is 17.1 Å². The standard InChI is InChI=1S/C26H24FN6O2P/c1-35-22-10-16(4-7-21(22)33-12-20(30-14-33)15-2-3-15)24-28-9-8-23(32-24)31-17-5-6-18-19(11-17)26(27,36)13-29-25(18)34/h4-12,14-15H,2-3,13,36H2,1H3,(H,29,34)(H,28,31,32). The molecule has 1 saturated carbocycles. The summed E-state index contributed by atoms with van der Waals surface area (Å²) in [6.07, 6.45) is 7.92. The van der Waals surface area contributed by atoms with Crippen LogP contribution in [0.4, 0.5) is 15.9 Å². The van der Waals surface area contributed by atoms with Gasteiger partial charge in [-0.2, -0.15) is 0 Å². The number of aromatic nitrogens is 4. The van der Waals surface area contributed by atoms with Crippen LogP contribution in [0.2, 0.25) is 0 Å². The second-order valence-electron chi connectivity index (χ2n) is 9.06. The molecule has 0 spiro atoms. The van der Waals surface area contributed by atoms with Crippen molar-refractivity contribution in [2.75, 3.05) is 19.0 Å². The van der Waals surface area contributed by atoms with Gasteiger partial charge in [-0.3, -0.25) is 4.79 Å². The maximum Gasteiger partial charge on any atom is 0.251 e. The first-order chi connectivity index (χ1) is 17.4. The molecule has 2 atom stereocenters. The predicted molar refractivity (Wildman–Crippen MR) is 138 cm³/mol. The fourth-order valence-corrected chi connectivity index (χ4v) is 4.71. The molecule has 1 aliphatic heterocycles. The largest absolute Gasteiger partial charge is 0.495 e. The van der Waals surface area contributed by atoms with Crippen LogP contribution in [-0.2, 0) is 5.41 Å². The van der Waals surface area contributed by atoms with Crippen LogP contribution in [0.3, 0.4) is 0 Å². The van der Waals surface area contributed by atoms with E-state index in [2.05, 4.69) is 41.0 Å². The number of anilines is 2. The quantitative estimate of drug-likeness (QED) is 0.371. The van der Waals surface area contributed by atoms with E-state index in [4.69, 9.17) is 4.74 Å². The Balaban J connectivity index is 1.27. The van der Waals surface area contributed by atoms with E-state index in [1.54, 1.807) is 37.6 Å². The normalized spacial score (nSPS) is 18.9. The van der Waals surface area contributed by atoms with Gasteiger partial charge in [-0.15, -0.1) is 0 Å². The third-order valence-corrected chi connectivity index (χ3v) is 6.98.